The first-order valence-corrected chi connectivity index (χ1v) is 6.14. The van der Waals surface area contributed by atoms with Gasteiger partial charge in [0.15, 0.2) is 0 Å². The van der Waals surface area contributed by atoms with Crippen LogP contribution in [0.3, 0.4) is 0 Å². The lowest BCUT2D eigenvalue weighted by Crippen LogP contribution is -2.42. The van der Waals surface area contributed by atoms with E-state index in [9.17, 15) is 14.7 Å². The molecular formula is C12H22N2O3. The zero-order chi connectivity index (χ0) is 12.9. The predicted octanol–water partition coefficient (Wildman–Crippen LogP) is 0.276. The topological polar surface area (TPSA) is 69.6 Å². The van der Waals surface area contributed by atoms with Crippen LogP contribution < -0.4 is 5.32 Å². The number of carbonyl (C=O) groups excluding carboxylic acids is 2. The van der Waals surface area contributed by atoms with E-state index >= 15 is 0 Å². The zero-order valence-electron chi connectivity index (χ0n) is 10.7. The highest BCUT2D eigenvalue weighted by Gasteiger charge is 2.33. The molecule has 0 aliphatic heterocycles. The van der Waals surface area contributed by atoms with Crippen LogP contribution >= 0.6 is 0 Å². The van der Waals surface area contributed by atoms with Crippen molar-refractivity contribution >= 4 is 11.8 Å². The van der Waals surface area contributed by atoms with E-state index in [0.29, 0.717) is 13.1 Å². The summed E-state index contributed by atoms with van der Waals surface area (Å²) in [7, 11) is 1.70. The smallest absolute Gasteiger partial charge is 0.224 e. The van der Waals surface area contributed by atoms with Gasteiger partial charge in [-0.25, -0.2) is 0 Å². The fraction of sp³-hybridized carbons (Fsp3) is 0.833. The molecule has 2 N–H and O–H groups in total. The minimum absolute atomic E-state index is 0.0425. The first-order valence-electron chi connectivity index (χ1n) is 6.14. The van der Waals surface area contributed by atoms with Crippen LogP contribution in [0.1, 0.15) is 39.0 Å². The van der Waals surface area contributed by atoms with Crippen molar-refractivity contribution in [2.45, 2.75) is 44.6 Å². The maximum atomic E-state index is 11.7. The van der Waals surface area contributed by atoms with E-state index in [1.807, 2.05) is 0 Å². The SMILES string of the molecule is CC(=O)NCCC(=O)N(C)CC1(O)CCCC1. The van der Waals surface area contributed by atoms with E-state index in [1.54, 1.807) is 11.9 Å². The monoisotopic (exact) mass is 242 g/mol. The average Bonchev–Trinajstić information content (AvgIpc) is 2.64. The summed E-state index contributed by atoms with van der Waals surface area (Å²) in [5.41, 5.74) is -0.696. The summed E-state index contributed by atoms with van der Waals surface area (Å²) in [5.74, 6) is -0.172. The van der Waals surface area contributed by atoms with Crippen LogP contribution in [0.5, 0.6) is 0 Å². The van der Waals surface area contributed by atoms with Gasteiger partial charge in [-0.05, 0) is 12.8 Å². The van der Waals surface area contributed by atoms with Gasteiger partial charge in [-0.3, -0.25) is 9.59 Å². The van der Waals surface area contributed by atoms with Crippen LogP contribution in [-0.4, -0.2) is 47.6 Å². The molecule has 98 valence electrons. The fourth-order valence-electron chi connectivity index (χ4n) is 2.26. The van der Waals surface area contributed by atoms with Crippen LogP contribution in [0.15, 0.2) is 0 Å². The highest BCUT2D eigenvalue weighted by Crippen LogP contribution is 2.29. The van der Waals surface area contributed by atoms with E-state index in [2.05, 4.69) is 5.32 Å². The molecule has 5 heteroatoms. The van der Waals surface area contributed by atoms with Crippen molar-refractivity contribution in [3.05, 3.63) is 0 Å². The minimum atomic E-state index is -0.696. The molecule has 1 aliphatic rings. The lowest BCUT2D eigenvalue weighted by atomic mass is 10.0. The Bertz CT molecular complexity index is 285. The molecule has 0 radical (unpaired) electrons. The summed E-state index contributed by atoms with van der Waals surface area (Å²) in [6.07, 6.45) is 3.90. The highest BCUT2D eigenvalue weighted by atomic mass is 16.3. The third kappa shape index (κ3) is 4.73. The van der Waals surface area contributed by atoms with Gasteiger partial charge in [-0.15, -0.1) is 0 Å². The lowest BCUT2D eigenvalue weighted by Gasteiger charge is -2.28. The van der Waals surface area contributed by atoms with Gasteiger partial charge in [-0.2, -0.15) is 0 Å². The Kier molecular flexibility index (Phi) is 4.93. The molecular weight excluding hydrogens is 220 g/mol. The van der Waals surface area contributed by atoms with Crippen LogP contribution in [0.25, 0.3) is 0 Å². The van der Waals surface area contributed by atoms with E-state index in [0.717, 1.165) is 25.7 Å². The number of aliphatic hydroxyl groups is 1. The number of carbonyl (C=O) groups is 2. The molecule has 0 spiro atoms. The Hall–Kier alpha value is -1.10. The second-order valence-electron chi connectivity index (χ2n) is 4.91. The number of likely N-dealkylation sites (N-methyl/N-ethyl adjacent to an activating group) is 1. The molecule has 0 aromatic rings. The Labute approximate surface area is 102 Å². The van der Waals surface area contributed by atoms with Gasteiger partial charge in [0.05, 0.1) is 5.60 Å². The Morgan fingerprint density at radius 1 is 1.35 bits per heavy atom. The van der Waals surface area contributed by atoms with Crippen LogP contribution in [0.2, 0.25) is 0 Å². The number of nitrogens with one attached hydrogen (secondary N) is 1. The molecule has 0 heterocycles. The van der Waals surface area contributed by atoms with E-state index < -0.39 is 5.60 Å². The van der Waals surface area contributed by atoms with Crippen molar-refractivity contribution in [2.24, 2.45) is 0 Å². The second kappa shape index (κ2) is 6.00. The Morgan fingerprint density at radius 3 is 2.47 bits per heavy atom. The summed E-state index contributed by atoms with van der Waals surface area (Å²) in [4.78, 5) is 23.9. The van der Waals surface area contributed by atoms with Gasteiger partial charge in [0, 0.05) is 33.5 Å². The number of hydrogen-bond acceptors (Lipinski definition) is 3. The maximum Gasteiger partial charge on any atom is 0.224 e. The van der Waals surface area contributed by atoms with Crippen molar-refractivity contribution in [1.29, 1.82) is 0 Å². The number of rotatable bonds is 5. The first kappa shape index (κ1) is 14.0. The van der Waals surface area contributed by atoms with Crippen molar-refractivity contribution < 1.29 is 14.7 Å². The van der Waals surface area contributed by atoms with E-state index in [-0.39, 0.29) is 18.2 Å². The number of amides is 2. The summed E-state index contributed by atoms with van der Waals surface area (Å²) in [5, 5.41) is 12.7. The molecule has 0 saturated heterocycles. The number of nitrogens with zero attached hydrogens (tertiary/aromatic N) is 1. The van der Waals surface area contributed by atoms with Gasteiger partial charge in [-0.1, -0.05) is 12.8 Å². The van der Waals surface area contributed by atoms with Crippen molar-refractivity contribution in [3.63, 3.8) is 0 Å². The molecule has 0 bridgehead atoms. The fourth-order valence-corrected chi connectivity index (χ4v) is 2.26. The third-order valence-electron chi connectivity index (χ3n) is 3.20. The van der Waals surface area contributed by atoms with E-state index in [4.69, 9.17) is 0 Å². The summed E-state index contributed by atoms with van der Waals surface area (Å²) in [6, 6.07) is 0. The summed E-state index contributed by atoms with van der Waals surface area (Å²) in [6.45, 7) is 2.18. The molecule has 0 unspecified atom stereocenters. The zero-order valence-corrected chi connectivity index (χ0v) is 10.7. The molecule has 5 nitrogen and oxygen atoms in total. The lowest BCUT2D eigenvalue weighted by molar-refractivity contribution is -0.133. The van der Waals surface area contributed by atoms with Crippen molar-refractivity contribution in [1.82, 2.24) is 10.2 Å². The molecule has 2 amide bonds. The highest BCUT2D eigenvalue weighted by molar-refractivity contribution is 5.77. The van der Waals surface area contributed by atoms with Gasteiger partial charge in [0.1, 0.15) is 0 Å². The van der Waals surface area contributed by atoms with Crippen molar-refractivity contribution in [2.75, 3.05) is 20.1 Å². The van der Waals surface area contributed by atoms with Crippen molar-refractivity contribution in [3.8, 4) is 0 Å². The van der Waals surface area contributed by atoms with Crippen LogP contribution in [0, 0.1) is 0 Å². The summed E-state index contributed by atoms with van der Waals surface area (Å²) >= 11 is 0. The molecule has 1 saturated carbocycles. The molecule has 17 heavy (non-hydrogen) atoms. The molecule has 1 aliphatic carbocycles. The first-order chi connectivity index (χ1) is 7.93. The molecule has 0 atom stereocenters. The molecule has 0 aromatic heterocycles. The predicted molar refractivity (Wildman–Crippen MR) is 64.4 cm³/mol. The number of hydrogen-bond donors (Lipinski definition) is 2. The van der Waals surface area contributed by atoms with Gasteiger partial charge in [0.25, 0.3) is 0 Å². The van der Waals surface area contributed by atoms with Gasteiger partial charge in [0.2, 0.25) is 11.8 Å². The summed E-state index contributed by atoms with van der Waals surface area (Å²) < 4.78 is 0. The molecule has 1 rings (SSSR count). The maximum absolute atomic E-state index is 11.7. The van der Waals surface area contributed by atoms with E-state index in [1.165, 1.54) is 6.92 Å². The van der Waals surface area contributed by atoms with Crippen LogP contribution in [-0.2, 0) is 9.59 Å². The largest absolute Gasteiger partial charge is 0.388 e. The Balaban J connectivity index is 2.28. The average molecular weight is 242 g/mol. The quantitative estimate of drug-likeness (QED) is 0.727. The van der Waals surface area contributed by atoms with Gasteiger partial charge >= 0.3 is 0 Å². The molecule has 1 fully saturated rings. The Morgan fingerprint density at radius 2 is 1.94 bits per heavy atom. The van der Waals surface area contributed by atoms with Crippen LogP contribution in [0.4, 0.5) is 0 Å². The standard InChI is InChI=1S/C12H22N2O3/c1-10(15)13-8-5-11(16)14(2)9-12(17)6-3-4-7-12/h17H,3-9H2,1-2H3,(H,13,15). The molecule has 0 aromatic carbocycles. The second-order valence-corrected chi connectivity index (χ2v) is 4.91. The normalized spacial score (nSPS) is 17.8. The van der Waals surface area contributed by atoms with Gasteiger partial charge < -0.3 is 15.3 Å². The minimum Gasteiger partial charge on any atom is -0.388 e. The third-order valence-corrected chi connectivity index (χ3v) is 3.20.